The topological polar surface area (TPSA) is 44.8 Å². The molecule has 0 radical (unpaired) electrons. The van der Waals surface area contributed by atoms with Crippen molar-refractivity contribution in [3.63, 3.8) is 0 Å². The normalized spacial score (nSPS) is 31.4. The van der Waals surface area contributed by atoms with Crippen LogP contribution in [-0.2, 0) is 19.0 Å². The minimum atomic E-state index is -0.858. The van der Waals surface area contributed by atoms with Crippen molar-refractivity contribution < 1.29 is 19.0 Å². The molecule has 0 bridgehead atoms. The molecule has 0 spiro atoms. The third-order valence-electron chi connectivity index (χ3n) is 3.98. The van der Waals surface area contributed by atoms with Gasteiger partial charge in [0.05, 0.1) is 12.0 Å². The molecule has 1 fully saturated rings. The molecule has 0 aromatic carbocycles. The average molecular weight is 258 g/mol. The first-order valence-electron chi connectivity index (χ1n) is 6.49. The summed E-state index contributed by atoms with van der Waals surface area (Å²) in [6, 6.07) is 0. The molecule has 18 heavy (non-hydrogen) atoms. The molecular formula is C14H26O4. The van der Waals surface area contributed by atoms with Gasteiger partial charge in [-0.05, 0) is 27.2 Å². The van der Waals surface area contributed by atoms with Gasteiger partial charge in [-0.1, -0.05) is 20.8 Å². The third-order valence-corrected chi connectivity index (χ3v) is 3.98. The Hall–Kier alpha value is -0.610. The first kappa shape index (κ1) is 15.4. The second kappa shape index (κ2) is 4.82. The molecule has 0 aromatic heterocycles. The van der Waals surface area contributed by atoms with E-state index in [0.717, 1.165) is 6.42 Å². The fraction of sp³-hybridized carbons (Fsp3) is 0.929. The van der Waals surface area contributed by atoms with Gasteiger partial charge in [-0.3, -0.25) is 4.79 Å². The zero-order valence-corrected chi connectivity index (χ0v) is 12.6. The molecule has 4 heteroatoms. The first-order chi connectivity index (χ1) is 8.09. The van der Waals surface area contributed by atoms with E-state index in [1.807, 2.05) is 41.5 Å². The first-order valence-corrected chi connectivity index (χ1v) is 6.49. The Labute approximate surface area is 110 Å². The van der Waals surface area contributed by atoms with Crippen LogP contribution in [0.4, 0.5) is 0 Å². The zero-order valence-electron chi connectivity index (χ0n) is 12.6. The van der Waals surface area contributed by atoms with Crippen molar-refractivity contribution in [3.8, 4) is 0 Å². The van der Waals surface area contributed by atoms with Crippen LogP contribution in [0.1, 0.15) is 48.0 Å². The van der Waals surface area contributed by atoms with Gasteiger partial charge in [0.25, 0.3) is 0 Å². The van der Waals surface area contributed by atoms with Gasteiger partial charge in [-0.15, -0.1) is 0 Å². The van der Waals surface area contributed by atoms with Gasteiger partial charge in [0.2, 0.25) is 5.79 Å². The summed E-state index contributed by atoms with van der Waals surface area (Å²) in [7, 11) is 1.58. The summed E-state index contributed by atoms with van der Waals surface area (Å²) >= 11 is 0. The molecule has 1 aliphatic rings. The molecule has 0 aromatic rings. The lowest BCUT2D eigenvalue weighted by Gasteiger charge is -2.35. The smallest absolute Gasteiger partial charge is 0.311 e. The number of carbonyl (C=O) groups excluding carboxylic acids is 1. The predicted molar refractivity (Wildman–Crippen MR) is 69.1 cm³/mol. The fourth-order valence-electron chi connectivity index (χ4n) is 2.03. The second-order valence-electron chi connectivity index (χ2n) is 6.52. The molecule has 0 aliphatic carbocycles. The minimum absolute atomic E-state index is 0.197. The van der Waals surface area contributed by atoms with Gasteiger partial charge in [0.15, 0.2) is 6.10 Å². The third kappa shape index (κ3) is 2.69. The lowest BCUT2D eigenvalue weighted by atomic mass is 9.85. The van der Waals surface area contributed by atoms with Crippen molar-refractivity contribution in [3.05, 3.63) is 0 Å². The zero-order chi connectivity index (χ0) is 14.2. The van der Waals surface area contributed by atoms with E-state index in [9.17, 15) is 4.79 Å². The van der Waals surface area contributed by atoms with Crippen LogP contribution in [0, 0.1) is 10.8 Å². The highest BCUT2D eigenvalue weighted by Gasteiger charge is 2.55. The van der Waals surface area contributed by atoms with Crippen LogP contribution in [0.5, 0.6) is 0 Å². The quantitative estimate of drug-likeness (QED) is 0.727. The summed E-state index contributed by atoms with van der Waals surface area (Å²) in [4.78, 5) is 12.2. The molecule has 1 rings (SSSR count). The molecule has 4 nitrogen and oxygen atoms in total. The summed E-state index contributed by atoms with van der Waals surface area (Å²) in [5.74, 6) is -1.06. The van der Waals surface area contributed by atoms with Gasteiger partial charge in [0, 0.05) is 12.5 Å². The van der Waals surface area contributed by atoms with Gasteiger partial charge in [0.1, 0.15) is 0 Å². The molecular weight excluding hydrogens is 232 g/mol. The number of esters is 1. The molecule has 0 N–H and O–H groups in total. The summed E-state index contributed by atoms with van der Waals surface area (Å²) < 4.78 is 16.8. The molecule has 1 aliphatic heterocycles. The van der Waals surface area contributed by atoms with Crippen molar-refractivity contribution in [2.75, 3.05) is 13.7 Å². The van der Waals surface area contributed by atoms with Crippen LogP contribution in [0.25, 0.3) is 0 Å². The molecule has 1 saturated heterocycles. The number of hydrogen-bond donors (Lipinski definition) is 0. The maximum atomic E-state index is 12.2. The highest BCUT2D eigenvalue weighted by Crippen LogP contribution is 2.42. The van der Waals surface area contributed by atoms with Crippen molar-refractivity contribution in [1.82, 2.24) is 0 Å². The molecule has 106 valence electrons. The Morgan fingerprint density at radius 3 is 2.39 bits per heavy atom. The molecule has 0 saturated carbocycles. The molecule has 1 heterocycles. The monoisotopic (exact) mass is 258 g/mol. The van der Waals surface area contributed by atoms with E-state index >= 15 is 0 Å². The SMILES string of the molecule is CCC(C)(C)C(=O)OC1C(C)(C)COC1(C)OC. The van der Waals surface area contributed by atoms with Gasteiger partial charge < -0.3 is 14.2 Å². The van der Waals surface area contributed by atoms with Crippen molar-refractivity contribution in [2.45, 2.75) is 59.9 Å². The van der Waals surface area contributed by atoms with Crippen molar-refractivity contribution in [2.24, 2.45) is 10.8 Å². The summed E-state index contributed by atoms with van der Waals surface area (Å²) in [5.41, 5.74) is -0.725. The van der Waals surface area contributed by atoms with Gasteiger partial charge in [-0.25, -0.2) is 0 Å². The maximum Gasteiger partial charge on any atom is 0.311 e. The predicted octanol–water partition coefficient (Wildman–Crippen LogP) is 2.75. The number of ether oxygens (including phenoxy) is 3. The average Bonchev–Trinajstić information content (AvgIpc) is 2.53. The van der Waals surface area contributed by atoms with E-state index in [1.165, 1.54) is 0 Å². The highest BCUT2D eigenvalue weighted by atomic mass is 16.7. The van der Waals surface area contributed by atoms with Crippen LogP contribution in [0.15, 0.2) is 0 Å². The van der Waals surface area contributed by atoms with Crippen LogP contribution in [0.2, 0.25) is 0 Å². The molecule has 2 unspecified atom stereocenters. The lowest BCUT2D eigenvalue weighted by molar-refractivity contribution is -0.235. The summed E-state index contributed by atoms with van der Waals surface area (Å²) in [5, 5.41) is 0. The number of carbonyl (C=O) groups is 1. The Morgan fingerprint density at radius 2 is 1.94 bits per heavy atom. The number of hydrogen-bond acceptors (Lipinski definition) is 4. The highest BCUT2D eigenvalue weighted by molar-refractivity contribution is 5.76. The Morgan fingerprint density at radius 1 is 1.39 bits per heavy atom. The van der Waals surface area contributed by atoms with Gasteiger partial charge in [-0.2, -0.15) is 0 Å². The molecule has 0 amide bonds. The maximum absolute atomic E-state index is 12.2. The second-order valence-corrected chi connectivity index (χ2v) is 6.52. The van der Waals surface area contributed by atoms with Crippen LogP contribution >= 0.6 is 0 Å². The van der Waals surface area contributed by atoms with E-state index in [4.69, 9.17) is 14.2 Å². The Bertz CT molecular complexity index is 322. The fourth-order valence-corrected chi connectivity index (χ4v) is 2.03. The van der Waals surface area contributed by atoms with E-state index in [1.54, 1.807) is 7.11 Å². The number of methoxy groups -OCH3 is 1. The van der Waals surface area contributed by atoms with Gasteiger partial charge >= 0.3 is 5.97 Å². The minimum Gasteiger partial charge on any atom is -0.456 e. The lowest BCUT2D eigenvalue weighted by Crippen LogP contribution is -2.48. The Kier molecular flexibility index (Phi) is 4.13. The molecule has 2 atom stereocenters. The summed E-state index contributed by atoms with van der Waals surface area (Å²) in [6.07, 6.45) is 0.345. The van der Waals surface area contributed by atoms with E-state index in [2.05, 4.69) is 0 Å². The van der Waals surface area contributed by atoms with Crippen molar-refractivity contribution in [1.29, 1.82) is 0 Å². The van der Waals surface area contributed by atoms with Crippen LogP contribution in [0.3, 0.4) is 0 Å². The summed E-state index contributed by atoms with van der Waals surface area (Å²) in [6.45, 7) is 12.1. The van der Waals surface area contributed by atoms with E-state index < -0.39 is 17.3 Å². The standard InChI is InChI=1S/C14H26O4/c1-8-12(2,3)11(15)18-10-13(4,5)9-17-14(10,6)16-7/h10H,8-9H2,1-7H3. The van der Waals surface area contributed by atoms with Crippen LogP contribution in [-0.4, -0.2) is 31.6 Å². The van der Waals surface area contributed by atoms with Crippen LogP contribution < -0.4 is 0 Å². The Balaban J connectivity index is 2.89. The van der Waals surface area contributed by atoms with Crippen molar-refractivity contribution >= 4 is 5.97 Å². The number of rotatable bonds is 4. The van der Waals surface area contributed by atoms with E-state index in [0.29, 0.717) is 6.61 Å². The largest absolute Gasteiger partial charge is 0.456 e. The van der Waals surface area contributed by atoms with E-state index in [-0.39, 0.29) is 11.4 Å².